The van der Waals surface area contributed by atoms with Crippen LogP contribution in [-0.4, -0.2) is 55.6 Å². The highest BCUT2D eigenvalue weighted by Crippen LogP contribution is 2.25. The van der Waals surface area contributed by atoms with Gasteiger partial charge >= 0.3 is 0 Å². The smallest absolute Gasteiger partial charge is 0.125 e. The maximum atomic E-state index is 10.3. The Bertz CT molecular complexity index is 483. The van der Waals surface area contributed by atoms with Gasteiger partial charge < -0.3 is 19.5 Å². The van der Waals surface area contributed by atoms with Crippen LogP contribution in [-0.2, 0) is 4.74 Å². The minimum atomic E-state index is -0.479. The third-order valence-electron chi connectivity index (χ3n) is 4.61. The topological polar surface area (TPSA) is 41.9 Å². The Morgan fingerprint density at radius 2 is 1.86 bits per heavy atom. The van der Waals surface area contributed by atoms with Gasteiger partial charge in [0.1, 0.15) is 18.5 Å². The van der Waals surface area contributed by atoms with Crippen LogP contribution in [0.4, 0.5) is 0 Å². The Labute approximate surface area is 134 Å². The summed E-state index contributed by atoms with van der Waals surface area (Å²) in [6.07, 6.45) is 1.60. The van der Waals surface area contributed by atoms with E-state index in [-0.39, 0.29) is 0 Å². The molecule has 1 aromatic carbocycles. The number of aryl methyl sites for hydroxylation is 2. The molecule has 0 radical (unpaired) electrons. The number of hydrogen-bond donors (Lipinski definition) is 1. The molecular weight excluding hydrogens is 278 g/mol. The van der Waals surface area contributed by atoms with Crippen LogP contribution in [0, 0.1) is 20.8 Å². The molecule has 1 saturated heterocycles. The zero-order chi connectivity index (χ0) is 16.1. The first-order valence-corrected chi connectivity index (χ1v) is 8.14. The van der Waals surface area contributed by atoms with Crippen molar-refractivity contribution in [3.05, 3.63) is 28.8 Å². The molecular formula is C18H29NO3. The minimum Gasteiger partial charge on any atom is -0.490 e. The second-order valence-electron chi connectivity index (χ2n) is 6.40. The Hall–Kier alpha value is -1.10. The van der Waals surface area contributed by atoms with Crippen molar-refractivity contribution >= 4 is 0 Å². The molecule has 1 heterocycles. The molecule has 0 amide bonds. The molecule has 1 aliphatic rings. The van der Waals surface area contributed by atoms with E-state index in [0.717, 1.165) is 42.9 Å². The predicted octanol–water partition coefficient (Wildman–Crippen LogP) is 2.46. The van der Waals surface area contributed by atoms with Crippen LogP contribution in [0.1, 0.15) is 29.5 Å². The summed E-state index contributed by atoms with van der Waals surface area (Å²) in [5.74, 6) is 0.910. The van der Waals surface area contributed by atoms with Gasteiger partial charge in [-0.15, -0.1) is 0 Å². The number of likely N-dealkylation sites (N-methyl/N-ethyl adjacent to an activating group) is 1. The molecule has 0 bridgehead atoms. The number of aliphatic hydroxyl groups is 1. The summed E-state index contributed by atoms with van der Waals surface area (Å²) >= 11 is 0. The first-order valence-electron chi connectivity index (χ1n) is 8.14. The summed E-state index contributed by atoms with van der Waals surface area (Å²) in [6.45, 7) is 8.80. The molecule has 4 nitrogen and oxygen atoms in total. The average Bonchev–Trinajstić information content (AvgIpc) is 2.52. The molecule has 1 N–H and O–H groups in total. The lowest BCUT2D eigenvalue weighted by molar-refractivity contribution is 0.0158. The lowest BCUT2D eigenvalue weighted by Gasteiger charge is -2.32. The van der Waals surface area contributed by atoms with Gasteiger partial charge in [-0.25, -0.2) is 0 Å². The van der Waals surface area contributed by atoms with Gasteiger partial charge in [-0.1, -0.05) is 12.1 Å². The molecule has 0 spiro atoms. The Morgan fingerprint density at radius 3 is 2.55 bits per heavy atom. The number of hydrogen-bond acceptors (Lipinski definition) is 4. The molecule has 1 aromatic rings. The molecule has 124 valence electrons. The van der Waals surface area contributed by atoms with E-state index in [1.165, 1.54) is 5.56 Å². The Morgan fingerprint density at radius 1 is 1.23 bits per heavy atom. The average molecular weight is 307 g/mol. The summed E-state index contributed by atoms with van der Waals surface area (Å²) < 4.78 is 11.3. The van der Waals surface area contributed by atoms with Gasteiger partial charge in [-0.2, -0.15) is 0 Å². The van der Waals surface area contributed by atoms with E-state index < -0.39 is 6.10 Å². The summed E-state index contributed by atoms with van der Waals surface area (Å²) in [5, 5.41) is 10.3. The predicted molar refractivity (Wildman–Crippen MR) is 88.6 cm³/mol. The number of nitrogens with zero attached hydrogens (tertiary/aromatic N) is 1. The zero-order valence-corrected chi connectivity index (χ0v) is 14.3. The lowest BCUT2D eigenvalue weighted by atomic mass is 10.1. The standard InChI is InChI=1S/C18H29NO3/c1-13-5-6-14(2)18(15(13)3)22-12-17(20)11-19(4)16-7-9-21-10-8-16/h5-6,16-17,20H,7-12H2,1-4H3. The van der Waals surface area contributed by atoms with Gasteiger partial charge in [-0.3, -0.25) is 0 Å². The van der Waals surface area contributed by atoms with Crippen molar-refractivity contribution in [2.45, 2.75) is 45.8 Å². The monoisotopic (exact) mass is 307 g/mol. The van der Waals surface area contributed by atoms with Crippen LogP contribution in [0.2, 0.25) is 0 Å². The molecule has 1 fully saturated rings. The van der Waals surface area contributed by atoms with Crippen molar-refractivity contribution < 1.29 is 14.6 Å². The molecule has 0 saturated carbocycles. The Balaban J connectivity index is 1.85. The van der Waals surface area contributed by atoms with Crippen LogP contribution in [0.5, 0.6) is 5.75 Å². The van der Waals surface area contributed by atoms with Gasteiger partial charge in [0.25, 0.3) is 0 Å². The first-order chi connectivity index (χ1) is 10.5. The second kappa shape index (κ2) is 7.95. The van der Waals surface area contributed by atoms with Gasteiger partial charge in [-0.05, 0) is 57.4 Å². The van der Waals surface area contributed by atoms with Crippen LogP contribution in [0.3, 0.4) is 0 Å². The van der Waals surface area contributed by atoms with Crippen LogP contribution < -0.4 is 4.74 Å². The summed E-state index contributed by atoms with van der Waals surface area (Å²) in [6, 6.07) is 4.68. The van der Waals surface area contributed by atoms with Crippen molar-refractivity contribution in [3.63, 3.8) is 0 Å². The fourth-order valence-electron chi connectivity index (χ4n) is 2.99. The normalized spacial score (nSPS) is 17.7. The molecule has 4 heteroatoms. The molecule has 1 aliphatic heterocycles. The van der Waals surface area contributed by atoms with E-state index >= 15 is 0 Å². The van der Waals surface area contributed by atoms with Crippen LogP contribution in [0.25, 0.3) is 0 Å². The maximum absolute atomic E-state index is 10.3. The maximum Gasteiger partial charge on any atom is 0.125 e. The van der Waals surface area contributed by atoms with Gasteiger partial charge in [0.05, 0.1) is 0 Å². The van der Waals surface area contributed by atoms with E-state index in [1.807, 2.05) is 6.92 Å². The number of ether oxygens (including phenoxy) is 2. The second-order valence-corrected chi connectivity index (χ2v) is 6.40. The van der Waals surface area contributed by atoms with E-state index in [9.17, 15) is 5.11 Å². The highest BCUT2D eigenvalue weighted by atomic mass is 16.5. The van der Waals surface area contributed by atoms with Crippen LogP contribution >= 0.6 is 0 Å². The van der Waals surface area contributed by atoms with E-state index in [4.69, 9.17) is 9.47 Å². The molecule has 0 aromatic heterocycles. The van der Waals surface area contributed by atoms with Gasteiger partial charge in [0, 0.05) is 25.8 Å². The fourth-order valence-corrected chi connectivity index (χ4v) is 2.99. The largest absolute Gasteiger partial charge is 0.490 e. The SMILES string of the molecule is Cc1ccc(C)c(OCC(O)CN(C)C2CCOCC2)c1C. The van der Waals surface area contributed by atoms with Gasteiger partial charge in [0.2, 0.25) is 0 Å². The van der Waals surface area contributed by atoms with Crippen LogP contribution in [0.15, 0.2) is 12.1 Å². The van der Waals surface area contributed by atoms with E-state index in [0.29, 0.717) is 19.2 Å². The lowest BCUT2D eigenvalue weighted by Crippen LogP contribution is -2.42. The van der Waals surface area contributed by atoms with Crippen molar-refractivity contribution in [2.24, 2.45) is 0 Å². The summed E-state index contributed by atoms with van der Waals surface area (Å²) in [4.78, 5) is 2.23. The Kier molecular flexibility index (Phi) is 6.24. The minimum absolute atomic E-state index is 0.332. The first kappa shape index (κ1) is 17.3. The van der Waals surface area contributed by atoms with Gasteiger partial charge in [0.15, 0.2) is 0 Å². The van der Waals surface area contributed by atoms with Crippen molar-refractivity contribution in [2.75, 3.05) is 33.4 Å². The summed E-state index contributed by atoms with van der Waals surface area (Å²) in [7, 11) is 2.07. The van der Waals surface area contributed by atoms with E-state index in [1.54, 1.807) is 0 Å². The van der Waals surface area contributed by atoms with E-state index in [2.05, 4.69) is 37.9 Å². The van der Waals surface area contributed by atoms with Crippen molar-refractivity contribution in [1.82, 2.24) is 4.90 Å². The van der Waals surface area contributed by atoms with Crippen molar-refractivity contribution in [3.8, 4) is 5.75 Å². The number of aliphatic hydroxyl groups excluding tert-OH is 1. The highest BCUT2D eigenvalue weighted by Gasteiger charge is 2.21. The zero-order valence-electron chi connectivity index (χ0n) is 14.3. The third kappa shape index (κ3) is 4.45. The quantitative estimate of drug-likeness (QED) is 0.876. The molecule has 1 atom stereocenters. The summed E-state index contributed by atoms with van der Waals surface area (Å²) in [5.41, 5.74) is 3.49. The van der Waals surface area contributed by atoms with Crippen molar-refractivity contribution in [1.29, 1.82) is 0 Å². The highest BCUT2D eigenvalue weighted by molar-refractivity contribution is 5.44. The molecule has 0 aliphatic carbocycles. The fraction of sp³-hybridized carbons (Fsp3) is 0.667. The number of benzene rings is 1. The molecule has 1 unspecified atom stereocenters. The number of rotatable bonds is 6. The molecule has 2 rings (SSSR count). The molecule has 22 heavy (non-hydrogen) atoms. The third-order valence-corrected chi connectivity index (χ3v) is 4.61.